The number of aryl methyl sites for hydroxylation is 2. The van der Waals surface area contributed by atoms with Crippen LogP contribution in [0.1, 0.15) is 24.0 Å². The molecule has 1 N–H and O–H groups in total. The molecule has 0 bridgehead atoms. The lowest BCUT2D eigenvalue weighted by atomic mass is 10.1. The molecule has 0 aliphatic carbocycles. The number of anilines is 3. The van der Waals surface area contributed by atoms with Crippen molar-refractivity contribution >= 4 is 50.5 Å². The van der Waals surface area contributed by atoms with Crippen LogP contribution in [0.5, 0.6) is 0 Å². The number of sulfonamides is 1. The van der Waals surface area contributed by atoms with Crippen molar-refractivity contribution in [1.82, 2.24) is 0 Å². The van der Waals surface area contributed by atoms with Crippen LogP contribution in [-0.4, -0.2) is 33.3 Å². The Bertz CT molecular complexity index is 1370. The molecule has 1 saturated heterocycles. The molecule has 1 aliphatic rings. The van der Waals surface area contributed by atoms with E-state index in [1.54, 1.807) is 53.4 Å². The zero-order valence-electron chi connectivity index (χ0n) is 19.5. The molecule has 0 saturated carbocycles. The maximum atomic E-state index is 13.5. The highest BCUT2D eigenvalue weighted by Gasteiger charge is 2.28. The van der Waals surface area contributed by atoms with Crippen LogP contribution in [0.3, 0.4) is 0 Å². The first kappa shape index (κ1) is 24.8. The lowest BCUT2D eigenvalue weighted by Crippen LogP contribution is -2.38. The van der Waals surface area contributed by atoms with E-state index < -0.39 is 22.5 Å². The molecule has 0 unspecified atom stereocenters. The van der Waals surface area contributed by atoms with Gasteiger partial charge in [-0.25, -0.2) is 8.42 Å². The van der Waals surface area contributed by atoms with Crippen molar-refractivity contribution in [2.75, 3.05) is 27.6 Å². The molecule has 0 atom stereocenters. The average molecular weight is 512 g/mol. The van der Waals surface area contributed by atoms with E-state index in [9.17, 15) is 18.0 Å². The number of carbonyl (C=O) groups is 2. The predicted molar refractivity (Wildman–Crippen MR) is 139 cm³/mol. The standard InChI is InChI=1S/C26H26ClN3O4S/c1-18-8-11-23(12-9-18)35(33,34)30(22-6-3-5-20(27)16-22)17-25(31)28-21-10-13-24(19(2)15-21)29-14-4-7-26(29)32/h3,5-6,8-13,15-16H,4,7,14,17H2,1-2H3,(H,28,31). The molecular formula is C26H26ClN3O4S. The van der Waals surface area contributed by atoms with Gasteiger partial charge < -0.3 is 10.2 Å². The zero-order chi connectivity index (χ0) is 25.2. The monoisotopic (exact) mass is 511 g/mol. The van der Waals surface area contributed by atoms with Gasteiger partial charge >= 0.3 is 0 Å². The topological polar surface area (TPSA) is 86.8 Å². The first-order chi connectivity index (χ1) is 16.6. The molecule has 7 nitrogen and oxygen atoms in total. The van der Waals surface area contributed by atoms with Crippen molar-refractivity contribution < 1.29 is 18.0 Å². The maximum absolute atomic E-state index is 13.5. The summed E-state index contributed by atoms with van der Waals surface area (Å²) < 4.78 is 28.0. The number of halogens is 1. The fourth-order valence-electron chi connectivity index (χ4n) is 4.05. The van der Waals surface area contributed by atoms with Gasteiger partial charge in [-0.2, -0.15) is 0 Å². The van der Waals surface area contributed by atoms with Crippen molar-refractivity contribution in [1.29, 1.82) is 0 Å². The normalized spacial score (nSPS) is 13.7. The zero-order valence-corrected chi connectivity index (χ0v) is 21.1. The van der Waals surface area contributed by atoms with Gasteiger partial charge in [0, 0.05) is 29.4 Å². The van der Waals surface area contributed by atoms with Gasteiger partial charge in [-0.05, 0) is 74.4 Å². The molecule has 3 aromatic rings. The minimum atomic E-state index is -4.04. The van der Waals surface area contributed by atoms with Gasteiger partial charge in [-0.15, -0.1) is 0 Å². The summed E-state index contributed by atoms with van der Waals surface area (Å²) in [5.41, 5.74) is 3.38. The van der Waals surface area contributed by atoms with Crippen molar-refractivity contribution in [3.8, 4) is 0 Å². The van der Waals surface area contributed by atoms with Crippen LogP contribution in [0, 0.1) is 13.8 Å². The highest BCUT2D eigenvalue weighted by atomic mass is 35.5. The third-order valence-electron chi connectivity index (χ3n) is 5.84. The molecule has 9 heteroatoms. The summed E-state index contributed by atoms with van der Waals surface area (Å²) in [4.78, 5) is 26.9. The SMILES string of the molecule is Cc1ccc(S(=O)(=O)N(CC(=O)Nc2ccc(N3CCCC3=O)c(C)c2)c2cccc(Cl)c2)cc1. The Morgan fingerprint density at radius 3 is 2.43 bits per heavy atom. The number of amides is 2. The van der Waals surface area contributed by atoms with Crippen molar-refractivity contribution in [3.63, 3.8) is 0 Å². The fourth-order valence-corrected chi connectivity index (χ4v) is 5.65. The molecule has 35 heavy (non-hydrogen) atoms. The van der Waals surface area contributed by atoms with Gasteiger partial charge in [0.15, 0.2) is 0 Å². The van der Waals surface area contributed by atoms with E-state index in [4.69, 9.17) is 11.6 Å². The Morgan fingerprint density at radius 1 is 1.06 bits per heavy atom. The number of hydrogen-bond acceptors (Lipinski definition) is 4. The van der Waals surface area contributed by atoms with Crippen molar-refractivity contribution in [2.45, 2.75) is 31.6 Å². The third-order valence-corrected chi connectivity index (χ3v) is 7.86. The summed E-state index contributed by atoms with van der Waals surface area (Å²) in [6.45, 7) is 3.97. The summed E-state index contributed by atoms with van der Waals surface area (Å²) >= 11 is 6.12. The van der Waals surface area contributed by atoms with Gasteiger partial charge in [-0.1, -0.05) is 35.4 Å². The predicted octanol–water partition coefficient (Wildman–Crippen LogP) is 4.92. The minimum absolute atomic E-state index is 0.0753. The second-order valence-electron chi connectivity index (χ2n) is 8.50. The summed E-state index contributed by atoms with van der Waals surface area (Å²) in [6.07, 6.45) is 1.36. The second kappa shape index (κ2) is 10.1. The largest absolute Gasteiger partial charge is 0.325 e. The van der Waals surface area contributed by atoms with Crippen LogP contribution < -0.4 is 14.5 Å². The van der Waals surface area contributed by atoms with E-state index >= 15 is 0 Å². The lowest BCUT2D eigenvalue weighted by molar-refractivity contribution is -0.117. The van der Waals surface area contributed by atoms with Crippen LogP contribution in [0.15, 0.2) is 71.6 Å². The highest BCUT2D eigenvalue weighted by Crippen LogP contribution is 2.29. The van der Waals surface area contributed by atoms with E-state index in [1.807, 2.05) is 13.8 Å². The van der Waals surface area contributed by atoms with Crippen molar-refractivity contribution in [2.24, 2.45) is 0 Å². The molecule has 182 valence electrons. The molecule has 0 spiro atoms. The maximum Gasteiger partial charge on any atom is 0.264 e. The van der Waals surface area contributed by atoms with E-state index in [2.05, 4.69) is 5.32 Å². The Labute approximate surface area is 210 Å². The number of rotatable bonds is 7. The molecule has 4 rings (SSSR count). The number of carbonyl (C=O) groups excluding carboxylic acids is 2. The van der Waals surface area contributed by atoms with E-state index in [1.165, 1.54) is 18.2 Å². The Hall–Kier alpha value is -3.36. The molecule has 1 heterocycles. The summed E-state index contributed by atoms with van der Waals surface area (Å²) in [7, 11) is -4.04. The average Bonchev–Trinajstić information content (AvgIpc) is 3.23. The summed E-state index contributed by atoms with van der Waals surface area (Å²) in [6, 6.07) is 18.1. The first-order valence-corrected chi connectivity index (χ1v) is 13.0. The highest BCUT2D eigenvalue weighted by molar-refractivity contribution is 7.92. The van der Waals surface area contributed by atoms with Gasteiger partial charge in [0.05, 0.1) is 10.6 Å². The second-order valence-corrected chi connectivity index (χ2v) is 10.8. The van der Waals surface area contributed by atoms with Gasteiger partial charge in [0.1, 0.15) is 6.54 Å². The third kappa shape index (κ3) is 5.49. The van der Waals surface area contributed by atoms with Gasteiger partial charge in [0.25, 0.3) is 10.0 Å². The quantitative estimate of drug-likeness (QED) is 0.488. The summed E-state index contributed by atoms with van der Waals surface area (Å²) in [5, 5.41) is 3.13. The number of nitrogens with zero attached hydrogens (tertiary/aromatic N) is 2. The molecule has 3 aromatic carbocycles. The van der Waals surface area contributed by atoms with E-state index in [-0.39, 0.29) is 16.5 Å². The first-order valence-electron chi connectivity index (χ1n) is 11.2. The van der Waals surface area contributed by atoms with E-state index in [0.717, 1.165) is 27.5 Å². The number of hydrogen-bond donors (Lipinski definition) is 1. The smallest absolute Gasteiger partial charge is 0.264 e. The Morgan fingerprint density at radius 2 is 1.80 bits per heavy atom. The molecule has 1 aliphatic heterocycles. The van der Waals surface area contributed by atoms with Crippen LogP contribution in [-0.2, 0) is 19.6 Å². The van der Waals surface area contributed by atoms with E-state index in [0.29, 0.717) is 23.7 Å². The lowest BCUT2D eigenvalue weighted by Gasteiger charge is -2.24. The van der Waals surface area contributed by atoms with Gasteiger partial charge in [0.2, 0.25) is 11.8 Å². The molecular weight excluding hydrogens is 486 g/mol. The van der Waals surface area contributed by atoms with Crippen LogP contribution in [0.2, 0.25) is 5.02 Å². The number of nitrogens with one attached hydrogen (secondary N) is 1. The van der Waals surface area contributed by atoms with Crippen LogP contribution >= 0.6 is 11.6 Å². The molecule has 1 fully saturated rings. The van der Waals surface area contributed by atoms with Crippen molar-refractivity contribution in [3.05, 3.63) is 82.9 Å². The van der Waals surface area contributed by atoms with Gasteiger partial charge in [-0.3, -0.25) is 13.9 Å². The minimum Gasteiger partial charge on any atom is -0.325 e. The Kier molecular flexibility index (Phi) is 7.14. The number of benzene rings is 3. The molecule has 2 amide bonds. The van der Waals surface area contributed by atoms with Crippen LogP contribution in [0.25, 0.3) is 0 Å². The summed E-state index contributed by atoms with van der Waals surface area (Å²) in [5.74, 6) is -0.423. The molecule has 0 aromatic heterocycles. The Balaban J connectivity index is 1.59. The van der Waals surface area contributed by atoms with Crippen LogP contribution in [0.4, 0.5) is 17.1 Å². The molecule has 0 radical (unpaired) electrons. The fraction of sp³-hybridized carbons (Fsp3) is 0.231.